The van der Waals surface area contributed by atoms with Gasteiger partial charge in [-0.3, -0.25) is 19.4 Å². The summed E-state index contributed by atoms with van der Waals surface area (Å²) >= 11 is 0. The second-order valence-electron chi connectivity index (χ2n) is 3.75. The summed E-state index contributed by atoms with van der Waals surface area (Å²) in [6.45, 7) is 4.76. The molecular weight excluding hydrogens is 280 g/mol. The molecule has 1 rings (SSSR count). The lowest BCUT2D eigenvalue weighted by Gasteiger charge is -2.12. The molecule has 6 N–H and O–H groups in total. The van der Waals surface area contributed by atoms with Crippen LogP contribution in [-0.2, 0) is 10.2 Å². The Morgan fingerprint density at radius 3 is 2.85 bits per heavy atom. The molecule has 9 heteroatoms. The van der Waals surface area contributed by atoms with Gasteiger partial charge in [-0.15, -0.1) is 0 Å². The molecule has 0 unspecified atom stereocenters. The van der Waals surface area contributed by atoms with E-state index in [4.69, 9.17) is 11.5 Å². The first kappa shape index (κ1) is 15.5. The Bertz CT molecular complexity index is 651. The monoisotopic (exact) mass is 296 g/mol. The van der Waals surface area contributed by atoms with E-state index < -0.39 is 10.2 Å². The lowest BCUT2D eigenvalue weighted by atomic mass is 10.3. The summed E-state index contributed by atoms with van der Waals surface area (Å²) in [5.41, 5.74) is 12.1. The summed E-state index contributed by atoms with van der Waals surface area (Å²) < 4.78 is 28.3. The Hall–Kier alpha value is -2.55. The lowest BCUT2D eigenvalue weighted by molar-refractivity contribution is 0.593. The molecule has 0 saturated heterocycles. The van der Waals surface area contributed by atoms with E-state index in [1.54, 1.807) is 0 Å². The number of hydrogen-bond acceptors (Lipinski definition) is 6. The van der Waals surface area contributed by atoms with Crippen LogP contribution >= 0.6 is 0 Å². The third-order valence-electron chi connectivity index (χ3n) is 2.18. The number of aromatic nitrogens is 1. The topological polar surface area (TPSA) is 135 Å². The maximum Gasteiger partial charge on any atom is 0.321 e. The zero-order valence-electron chi connectivity index (χ0n) is 10.9. The van der Waals surface area contributed by atoms with Crippen molar-refractivity contribution >= 4 is 28.3 Å². The highest BCUT2D eigenvalue weighted by molar-refractivity contribution is 7.90. The normalized spacial score (nSPS) is 12.8. The molecule has 1 aromatic heterocycles. The first-order valence-electron chi connectivity index (χ1n) is 5.44. The van der Waals surface area contributed by atoms with Gasteiger partial charge in [0.1, 0.15) is 0 Å². The maximum absolute atomic E-state index is 11.9. The van der Waals surface area contributed by atoms with Crippen LogP contribution in [0.1, 0.15) is 6.92 Å². The number of nitrogens with one attached hydrogen (secondary N) is 2. The minimum absolute atomic E-state index is 0.211. The molecular formula is C11H16N6O2S. The van der Waals surface area contributed by atoms with E-state index in [9.17, 15) is 8.42 Å². The van der Waals surface area contributed by atoms with Gasteiger partial charge in [0.25, 0.3) is 0 Å². The Labute approximate surface area is 117 Å². The molecule has 0 bridgehead atoms. The number of nitrogen functional groups attached to an aromatic ring is 1. The first-order valence-corrected chi connectivity index (χ1v) is 6.93. The molecule has 1 heterocycles. The number of nitrogens with zero attached hydrogens (tertiary/aromatic N) is 2. The summed E-state index contributed by atoms with van der Waals surface area (Å²) in [6.07, 6.45) is 5.53. The minimum atomic E-state index is -3.85. The number of nitrogens with two attached hydrogens (primary N) is 2. The van der Waals surface area contributed by atoms with Crippen molar-refractivity contribution in [2.45, 2.75) is 6.92 Å². The van der Waals surface area contributed by atoms with E-state index in [1.807, 2.05) is 0 Å². The molecule has 1 aromatic rings. The standard InChI is InChI=1S/C11H16N6O2S/c1-8(9(12)3-5-14-2)16-20(18,19)17-11-4-6-15-7-10(11)13/h3-7,16H,2,12-13H2,1H3,(H,15,17)/b5-3-,9-8-. The molecule has 108 valence electrons. The summed E-state index contributed by atoms with van der Waals surface area (Å²) in [4.78, 5) is 7.24. The van der Waals surface area contributed by atoms with Gasteiger partial charge in [0.05, 0.1) is 23.3 Å². The van der Waals surface area contributed by atoms with Crippen molar-refractivity contribution in [2.75, 3.05) is 10.5 Å². The fraction of sp³-hybridized carbons (Fsp3) is 0.0909. The van der Waals surface area contributed by atoms with Crippen LogP contribution in [0.5, 0.6) is 0 Å². The minimum Gasteiger partial charge on any atom is -0.397 e. The van der Waals surface area contributed by atoms with Crippen LogP contribution in [0.15, 0.2) is 47.1 Å². The van der Waals surface area contributed by atoms with Gasteiger partial charge in [0.15, 0.2) is 0 Å². The van der Waals surface area contributed by atoms with Gasteiger partial charge in [0.2, 0.25) is 0 Å². The number of aliphatic imine (C=N–C) groups is 1. The van der Waals surface area contributed by atoms with Crippen molar-refractivity contribution in [2.24, 2.45) is 10.7 Å². The fourth-order valence-corrected chi connectivity index (χ4v) is 2.24. The number of hydrogen-bond donors (Lipinski definition) is 4. The van der Waals surface area contributed by atoms with Crippen LogP contribution in [0.25, 0.3) is 0 Å². The third kappa shape index (κ3) is 4.61. The average molecular weight is 296 g/mol. The predicted octanol–water partition coefficient (Wildman–Crippen LogP) is 0.315. The van der Waals surface area contributed by atoms with Gasteiger partial charge in [-0.25, -0.2) is 0 Å². The van der Waals surface area contributed by atoms with E-state index in [1.165, 1.54) is 37.7 Å². The highest BCUT2D eigenvalue weighted by Crippen LogP contribution is 2.16. The van der Waals surface area contributed by atoms with Gasteiger partial charge >= 0.3 is 10.2 Å². The van der Waals surface area contributed by atoms with E-state index in [-0.39, 0.29) is 22.8 Å². The first-order chi connectivity index (χ1) is 9.35. The van der Waals surface area contributed by atoms with Crippen molar-refractivity contribution in [3.05, 3.63) is 42.1 Å². The molecule has 8 nitrogen and oxygen atoms in total. The van der Waals surface area contributed by atoms with E-state index in [0.717, 1.165) is 0 Å². The molecule has 0 aromatic carbocycles. The van der Waals surface area contributed by atoms with Crippen LogP contribution in [0.3, 0.4) is 0 Å². The highest BCUT2D eigenvalue weighted by Gasteiger charge is 2.12. The summed E-state index contributed by atoms with van der Waals surface area (Å²) in [5, 5.41) is 0. The number of pyridine rings is 1. The van der Waals surface area contributed by atoms with E-state index in [2.05, 4.69) is 26.1 Å². The van der Waals surface area contributed by atoms with Gasteiger partial charge in [-0.1, -0.05) is 0 Å². The lowest BCUT2D eigenvalue weighted by Crippen LogP contribution is -2.30. The molecule has 0 aliphatic heterocycles. The Morgan fingerprint density at radius 1 is 1.55 bits per heavy atom. The average Bonchev–Trinajstić information content (AvgIpc) is 2.37. The fourth-order valence-electron chi connectivity index (χ4n) is 1.19. The van der Waals surface area contributed by atoms with Gasteiger partial charge in [-0.2, -0.15) is 8.42 Å². The van der Waals surface area contributed by atoms with Crippen molar-refractivity contribution in [1.29, 1.82) is 0 Å². The molecule has 0 spiro atoms. The van der Waals surface area contributed by atoms with E-state index in [0.29, 0.717) is 0 Å². The maximum atomic E-state index is 11.9. The summed E-state index contributed by atoms with van der Waals surface area (Å²) in [7, 11) is -3.85. The molecule has 0 amide bonds. The van der Waals surface area contributed by atoms with Gasteiger partial charge in [-0.05, 0) is 25.8 Å². The SMILES string of the molecule is C=N/C=C\C(N)=C(/C)NS(=O)(=O)Nc1ccncc1N. The number of allylic oxidation sites excluding steroid dienone is 2. The zero-order valence-corrected chi connectivity index (χ0v) is 11.7. The summed E-state index contributed by atoms with van der Waals surface area (Å²) in [5.74, 6) is 0. The van der Waals surface area contributed by atoms with Crippen LogP contribution in [0.2, 0.25) is 0 Å². The van der Waals surface area contributed by atoms with Crippen molar-refractivity contribution in [3.63, 3.8) is 0 Å². The van der Waals surface area contributed by atoms with Crippen molar-refractivity contribution in [1.82, 2.24) is 9.71 Å². The van der Waals surface area contributed by atoms with Crippen LogP contribution < -0.4 is 20.9 Å². The highest BCUT2D eigenvalue weighted by atomic mass is 32.2. The van der Waals surface area contributed by atoms with Crippen LogP contribution in [0, 0.1) is 0 Å². The molecule has 20 heavy (non-hydrogen) atoms. The van der Waals surface area contributed by atoms with Gasteiger partial charge in [0, 0.05) is 18.1 Å². The zero-order chi connectivity index (χ0) is 15.2. The second kappa shape index (κ2) is 6.57. The van der Waals surface area contributed by atoms with Gasteiger partial charge < -0.3 is 11.5 Å². The predicted molar refractivity (Wildman–Crippen MR) is 79.9 cm³/mol. The smallest absolute Gasteiger partial charge is 0.321 e. The second-order valence-corrected chi connectivity index (χ2v) is 5.16. The molecule has 0 aliphatic carbocycles. The molecule has 0 radical (unpaired) electrons. The Morgan fingerprint density at radius 2 is 2.25 bits per heavy atom. The van der Waals surface area contributed by atoms with Crippen molar-refractivity contribution in [3.8, 4) is 0 Å². The third-order valence-corrected chi connectivity index (χ3v) is 3.24. The number of rotatable bonds is 6. The summed E-state index contributed by atoms with van der Waals surface area (Å²) in [6, 6.07) is 1.44. The molecule has 0 aliphatic rings. The van der Waals surface area contributed by atoms with Crippen molar-refractivity contribution < 1.29 is 8.42 Å². The Balaban J connectivity index is 2.88. The molecule has 0 saturated carbocycles. The quantitative estimate of drug-likeness (QED) is 0.442. The van der Waals surface area contributed by atoms with E-state index >= 15 is 0 Å². The number of anilines is 2. The van der Waals surface area contributed by atoms with Crippen LogP contribution in [-0.4, -0.2) is 20.1 Å². The molecule has 0 fully saturated rings. The molecule has 0 atom stereocenters. The van der Waals surface area contributed by atoms with Crippen LogP contribution in [0.4, 0.5) is 11.4 Å². The Kier molecular flexibility index (Phi) is 5.09. The largest absolute Gasteiger partial charge is 0.397 e.